The lowest BCUT2D eigenvalue weighted by Gasteiger charge is -2.11. The van der Waals surface area contributed by atoms with Crippen molar-refractivity contribution < 1.29 is 4.74 Å². The summed E-state index contributed by atoms with van der Waals surface area (Å²) >= 11 is 12.1. The van der Waals surface area contributed by atoms with Gasteiger partial charge in [0, 0.05) is 21.2 Å². The number of aromatic nitrogens is 1. The second-order valence-corrected chi connectivity index (χ2v) is 7.24. The molecule has 4 heteroatoms. The van der Waals surface area contributed by atoms with Crippen LogP contribution in [0, 0.1) is 0 Å². The molecule has 0 radical (unpaired) electrons. The predicted octanol–water partition coefficient (Wildman–Crippen LogP) is 7.40. The zero-order valence-corrected chi connectivity index (χ0v) is 16.7. The molecule has 3 aromatic carbocycles. The van der Waals surface area contributed by atoms with Gasteiger partial charge in [0.1, 0.15) is 5.75 Å². The van der Waals surface area contributed by atoms with Gasteiger partial charge < -0.3 is 4.74 Å². The normalized spacial score (nSPS) is 10.7. The van der Waals surface area contributed by atoms with Crippen molar-refractivity contribution in [2.45, 2.75) is 0 Å². The Labute approximate surface area is 174 Å². The second-order valence-electron chi connectivity index (χ2n) is 6.37. The van der Waals surface area contributed by atoms with Gasteiger partial charge in [0.2, 0.25) is 0 Å². The van der Waals surface area contributed by atoms with Crippen LogP contribution in [-0.2, 0) is 0 Å². The first-order valence-electron chi connectivity index (χ1n) is 8.81. The van der Waals surface area contributed by atoms with Crippen molar-refractivity contribution >= 4 is 23.2 Å². The van der Waals surface area contributed by atoms with Gasteiger partial charge in [-0.25, -0.2) is 4.98 Å². The summed E-state index contributed by atoms with van der Waals surface area (Å²) in [5.74, 6) is 0.827. The van der Waals surface area contributed by atoms with Crippen LogP contribution in [0.4, 0.5) is 0 Å². The summed E-state index contributed by atoms with van der Waals surface area (Å²) in [7, 11) is 1.67. The number of hydrogen-bond donors (Lipinski definition) is 0. The van der Waals surface area contributed by atoms with E-state index in [1.807, 2.05) is 72.8 Å². The van der Waals surface area contributed by atoms with Crippen LogP contribution in [-0.4, -0.2) is 12.1 Å². The van der Waals surface area contributed by atoms with Gasteiger partial charge in [-0.15, -0.1) is 0 Å². The highest BCUT2D eigenvalue weighted by Crippen LogP contribution is 2.31. The third-order valence-corrected chi connectivity index (χ3v) is 5.03. The summed E-state index contributed by atoms with van der Waals surface area (Å²) in [6, 6.07) is 27.6. The predicted molar refractivity (Wildman–Crippen MR) is 117 cm³/mol. The highest BCUT2D eigenvalue weighted by Gasteiger charge is 2.09. The van der Waals surface area contributed by atoms with E-state index in [-0.39, 0.29) is 0 Å². The number of ether oxygens (including phenoxy) is 1. The lowest BCUT2D eigenvalue weighted by molar-refractivity contribution is 0.415. The number of methoxy groups -OCH3 is 1. The minimum atomic E-state index is 0.702. The Morgan fingerprint density at radius 2 is 1.00 bits per heavy atom. The Hall–Kier alpha value is -2.81. The topological polar surface area (TPSA) is 22.1 Å². The fraction of sp³-hybridized carbons (Fsp3) is 0.0417. The molecule has 0 saturated carbocycles. The fourth-order valence-corrected chi connectivity index (χ4v) is 3.27. The molecule has 0 bridgehead atoms. The van der Waals surface area contributed by atoms with Crippen LogP contribution in [0.3, 0.4) is 0 Å². The number of hydrogen-bond acceptors (Lipinski definition) is 2. The number of nitrogens with zero attached hydrogens (tertiary/aromatic N) is 1. The first-order chi connectivity index (χ1) is 13.6. The molecule has 0 amide bonds. The fourth-order valence-electron chi connectivity index (χ4n) is 3.02. The van der Waals surface area contributed by atoms with Crippen molar-refractivity contribution in [2.24, 2.45) is 0 Å². The Balaban J connectivity index is 1.86. The monoisotopic (exact) mass is 405 g/mol. The van der Waals surface area contributed by atoms with Crippen LogP contribution < -0.4 is 4.74 Å². The van der Waals surface area contributed by atoms with Gasteiger partial charge in [-0.2, -0.15) is 0 Å². The molecule has 0 saturated heterocycles. The lowest BCUT2D eigenvalue weighted by Crippen LogP contribution is -1.91. The van der Waals surface area contributed by atoms with Crippen LogP contribution in [0.25, 0.3) is 33.6 Å². The van der Waals surface area contributed by atoms with Crippen LogP contribution in [0.2, 0.25) is 10.0 Å². The molecule has 138 valence electrons. The van der Waals surface area contributed by atoms with E-state index < -0.39 is 0 Å². The minimum absolute atomic E-state index is 0.702. The van der Waals surface area contributed by atoms with Crippen molar-refractivity contribution in [2.75, 3.05) is 7.11 Å². The van der Waals surface area contributed by atoms with E-state index in [1.165, 1.54) is 0 Å². The third-order valence-electron chi connectivity index (χ3n) is 4.53. The second kappa shape index (κ2) is 8.05. The average molecular weight is 406 g/mol. The van der Waals surface area contributed by atoms with Crippen LogP contribution in [0.5, 0.6) is 5.75 Å². The van der Waals surface area contributed by atoms with E-state index in [0.717, 1.165) is 39.4 Å². The van der Waals surface area contributed by atoms with E-state index in [9.17, 15) is 0 Å². The summed E-state index contributed by atoms with van der Waals surface area (Å²) in [4.78, 5) is 4.88. The van der Waals surface area contributed by atoms with Gasteiger partial charge in [0.15, 0.2) is 0 Å². The summed E-state index contributed by atoms with van der Waals surface area (Å²) in [5, 5.41) is 1.40. The average Bonchev–Trinajstić information content (AvgIpc) is 2.74. The Morgan fingerprint density at radius 1 is 0.571 bits per heavy atom. The summed E-state index contributed by atoms with van der Waals surface area (Å²) < 4.78 is 5.28. The molecule has 4 rings (SSSR count). The number of pyridine rings is 1. The largest absolute Gasteiger partial charge is 0.497 e. The number of rotatable bonds is 4. The maximum atomic E-state index is 6.05. The molecule has 0 aliphatic rings. The van der Waals surface area contributed by atoms with Gasteiger partial charge in [-0.05, 0) is 59.7 Å². The maximum Gasteiger partial charge on any atom is 0.118 e. The Bertz CT molecular complexity index is 1030. The van der Waals surface area contributed by atoms with E-state index in [2.05, 4.69) is 12.1 Å². The molecule has 0 atom stereocenters. The van der Waals surface area contributed by atoms with E-state index in [4.69, 9.17) is 32.9 Å². The van der Waals surface area contributed by atoms with Crippen LogP contribution >= 0.6 is 23.2 Å². The molecule has 0 fully saturated rings. The summed E-state index contributed by atoms with van der Waals surface area (Å²) in [6.45, 7) is 0. The molecule has 4 aromatic rings. The molecule has 0 unspecified atom stereocenters. The molecule has 1 aromatic heterocycles. The molecule has 0 spiro atoms. The zero-order chi connectivity index (χ0) is 19.5. The summed E-state index contributed by atoms with van der Waals surface area (Å²) in [5.41, 5.74) is 5.95. The van der Waals surface area contributed by atoms with E-state index in [1.54, 1.807) is 7.11 Å². The van der Waals surface area contributed by atoms with Crippen molar-refractivity contribution in [3.05, 3.63) is 95.0 Å². The van der Waals surface area contributed by atoms with Gasteiger partial charge in [0.25, 0.3) is 0 Å². The Kier molecular flexibility index (Phi) is 5.34. The van der Waals surface area contributed by atoms with Gasteiger partial charge in [-0.1, -0.05) is 59.6 Å². The standard InChI is InChI=1S/C24H17Cl2NO/c1-28-22-12-6-16(7-13-22)19-14-23(17-2-8-20(25)9-3-17)27-24(15-19)18-4-10-21(26)11-5-18/h2-15H,1H3. The molecule has 0 N–H and O–H groups in total. The first kappa shape index (κ1) is 18.5. The maximum absolute atomic E-state index is 6.05. The van der Waals surface area contributed by atoms with Gasteiger partial charge >= 0.3 is 0 Å². The van der Waals surface area contributed by atoms with Crippen molar-refractivity contribution in [1.29, 1.82) is 0 Å². The zero-order valence-electron chi connectivity index (χ0n) is 15.2. The molecule has 2 nitrogen and oxygen atoms in total. The van der Waals surface area contributed by atoms with E-state index in [0.29, 0.717) is 10.0 Å². The van der Waals surface area contributed by atoms with E-state index >= 15 is 0 Å². The van der Waals surface area contributed by atoms with Crippen molar-refractivity contribution in [3.8, 4) is 39.4 Å². The van der Waals surface area contributed by atoms with Crippen LogP contribution in [0.15, 0.2) is 84.9 Å². The lowest BCUT2D eigenvalue weighted by atomic mass is 10.00. The molecular weight excluding hydrogens is 389 g/mol. The van der Waals surface area contributed by atoms with Gasteiger partial charge in [0.05, 0.1) is 18.5 Å². The number of halogens is 2. The molecule has 0 aliphatic carbocycles. The molecule has 28 heavy (non-hydrogen) atoms. The van der Waals surface area contributed by atoms with Crippen molar-refractivity contribution in [1.82, 2.24) is 4.98 Å². The minimum Gasteiger partial charge on any atom is -0.497 e. The highest BCUT2D eigenvalue weighted by atomic mass is 35.5. The molecular formula is C24H17Cl2NO. The molecule has 0 aliphatic heterocycles. The third kappa shape index (κ3) is 4.04. The number of benzene rings is 3. The van der Waals surface area contributed by atoms with Gasteiger partial charge in [-0.3, -0.25) is 0 Å². The quantitative estimate of drug-likeness (QED) is 0.352. The Morgan fingerprint density at radius 3 is 1.43 bits per heavy atom. The van der Waals surface area contributed by atoms with Crippen molar-refractivity contribution in [3.63, 3.8) is 0 Å². The SMILES string of the molecule is COc1ccc(-c2cc(-c3ccc(Cl)cc3)nc(-c3ccc(Cl)cc3)c2)cc1. The smallest absolute Gasteiger partial charge is 0.118 e. The van der Waals surface area contributed by atoms with Crippen LogP contribution in [0.1, 0.15) is 0 Å². The first-order valence-corrected chi connectivity index (χ1v) is 9.56. The molecule has 1 heterocycles. The summed E-state index contributed by atoms with van der Waals surface area (Å²) in [6.07, 6.45) is 0. The highest BCUT2D eigenvalue weighted by molar-refractivity contribution is 6.30.